The summed E-state index contributed by atoms with van der Waals surface area (Å²) in [7, 11) is 0. The van der Waals surface area contributed by atoms with Crippen LogP contribution in [0.1, 0.15) is 66.7 Å². The Labute approximate surface area is 124 Å². The lowest BCUT2D eigenvalue weighted by molar-refractivity contribution is -0.406. The third-order valence-electron chi connectivity index (χ3n) is 2.94. The van der Waals surface area contributed by atoms with E-state index in [1.807, 2.05) is 13.8 Å². The van der Waals surface area contributed by atoms with Crippen LogP contribution in [0, 0.1) is 11.8 Å². The van der Waals surface area contributed by atoms with Gasteiger partial charge in [-0.1, -0.05) is 39.5 Å². The van der Waals surface area contributed by atoms with Crippen molar-refractivity contribution in [2.24, 2.45) is 0 Å². The largest absolute Gasteiger partial charge is 0.236 e. The van der Waals surface area contributed by atoms with E-state index in [0.29, 0.717) is 13.2 Å². The first-order valence-corrected chi connectivity index (χ1v) is 7.67. The minimum Gasteiger partial charge on any atom is -0.236 e. The molecule has 0 aliphatic rings. The SMILES string of the molecule is CC#CC(C)(OOCCCC)C(CC)OOCCCC. The molecule has 0 N–H and O–H groups in total. The summed E-state index contributed by atoms with van der Waals surface area (Å²) in [5.41, 5.74) is -0.816. The Kier molecular flexibility index (Phi) is 11.8. The summed E-state index contributed by atoms with van der Waals surface area (Å²) in [5, 5.41) is 0. The predicted octanol–water partition coefficient (Wildman–Crippen LogP) is 4.04. The molecule has 0 aromatic heterocycles. The van der Waals surface area contributed by atoms with Crippen LogP contribution >= 0.6 is 0 Å². The van der Waals surface area contributed by atoms with Crippen LogP contribution in [0.3, 0.4) is 0 Å². The van der Waals surface area contributed by atoms with Crippen LogP contribution in [-0.4, -0.2) is 24.9 Å². The van der Waals surface area contributed by atoms with Gasteiger partial charge in [0.05, 0.1) is 13.2 Å². The topological polar surface area (TPSA) is 36.9 Å². The zero-order valence-electron chi connectivity index (χ0n) is 13.7. The van der Waals surface area contributed by atoms with Crippen LogP contribution in [0.2, 0.25) is 0 Å². The van der Waals surface area contributed by atoms with Gasteiger partial charge in [-0.3, -0.25) is 0 Å². The normalized spacial score (nSPS) is 15.2. The number of hydrogen-bond acceptors (Lipinski definition) is 4. The first kappa shape index (κ1) is 19.4. The quantitative estimate of drug-likeness (QED) is 0.235. The van der Waals surface area contributed by atoms with E-state index in [0.717, 1.165) is 32.1 Å². The molecule has 4 heteroatoms. The smallest absolute Gasteiger partial charge is 0.189 e. The summed E-state index contributed by atoms with van der Waals surface area (Å²) in [4.78, 5) is 21.5. The lowest BCUT2D eigenvalue weighted by Gasteiger charge is -2.30. The average Bonchev–Trinajstić information content (AvgIpc) is 2.44. The van der Waals surface area contributed by atoms with Gasteiger partial charge in [0.2, 0.25) is 0 Å². The van der Waals surface area contributed by atoms with Crippen molar-refractivity contribution in [3.8, 4) is 11.8 Å². The highest BCUT2D eigenvalue weighted by molar-refractivity contribution is 5.14. The molecule has 4 nitrogen and oxygen atoms in total. The van der Waals surface area contributed by atoms with Gasteiger partial charge in [0.1, 0.15) is 6.10 Å². The second kappa shape index (κ2) is 12.2. The van der Waals surface area contributed by atoms with Crippen molar-refractivity contribution in [2.45, 2.75) is 78.4 Å². The lowest BCUT2D eigenvalue weighted by Crippen LogP contribution is -2.42. The summed E-state index contributed by atoms with van der Waals surface area (Å²) >= 11 is 0. The Balaban J connectivity index is 4.42. The fourth-order valence-electron chi connectivity index (χ4n) is 1.65. The molecule has 0 aliphatic carbocycles. The van der Waals surface area contributed by atoms with Crippen LogP contribution in [0.4, 0.5) is 0 Å². The highest BCUT2D eigenvalue weighted by Crippen LogP contribution is 2.22. The van der Waals surface area contributed by atoms with Crippen LogP contribution in [0.15, 0.2) is 0 Å². The molecule has 2 atom stereocenters. The lowest BCUT2D eigenvalue weighted by atomic mass is 9.98. The maximum absolute atomic E-state index is 5.50. The van der Waals surface area contributed by atoms with E-state index in [-0.39, 0.29) is 6.10 Å². The van der Waals surface area contributed by atoms with Crippen molar-refractivity contribution in [1.82, 2.24) is 0 Å². The number of hydrogen-bond donors (Lipinski definition) is 0. The van der Waals surface area contributed by atoms with Crippen LogP contribution in [0.5, 0.6) is 0 Å². The van der Waals surface area contributed by atoms with Crippen LogP contribution < -0.4 is 0 Å². The van der Waals surface area contributed by atoms with E-state index in [1.165, 1.54) is 0 Å². The van der Waals surface area contributed by atoms with E-state index in [2.05, 4.69) is 25.7 Å². The summed E-state index contributed by atoms with van der Waals surface area (Å²) in [6, 6.07) is 0. The monoisotopic (exact) mass is 286 g/mol. The minimum absolute atomic E-state index is 0.284. The van der Waals surface area contributed by atoms with E-state index in [1.54, 1.807) is 6.92 Å². The van der Waals surface area contributed by atoms with Gasteiger partial charge in [-0.15, -0.1) is 5.92 Å². The van der Waals surface area contributed by atoms with E-state index >= 15 is 0 Å². The summed E-state index contributed by atoms with van der Waals surface area (Å²) < 4.78 is 0. The van der Waals surface area contributed by atoms with E-state index in [9.17, 15) is 0 Å². The molecule has 2 unspecified atom stereocenters. The molecular formula is C16H30O4. The van der Waals surface area contributed by atoms with Crippen molar-refractivity contribution in [3.63, 3.8) is 0 Å². The second-order valence-corrected chi connectivity index (χ2v) is 4.91. The van der Waals surface area contributed by atoms with Gasteiger partial charge in [0, 0.05) is 0 Å². The summed E-state index contributed by atoms with van der Waals surface area (Å²) in [6.45, 7) is 11.0. The molecule has 118 valence electrons. The van der Waals surface area contributed by atoms with Crippen LogP contribution in [-0.2, 0) is 19.6 Å². The molecule has 0 aliphatic heterocycles. The first-order chi connectivity index (χ1) is 9.64. The fourth-order valence-corrected chi connectivity index (χ4v) is 1.65. The Morgan fingerprint density at radius 1 is 1.00 bits per heavy atom. The molecule has 0 fully saturated rings. The van der Waals surface area contributed by atoms with Gasteiger partial charge in [0.15, 0.2) is 5.60 Å². The fraction of sp³-hybridized carbons (Fsp3) is 0.875. The zero-order valence-corrected chi connectivity index (χ0v) is 13.7. The molecule has 0 amide bonds. The molecule has 0 aromatic carbocycles. The maximum Gasteiger partial charge on any atom is 0.189 e. The Hall–Kier alpha value is -0.600. The Morgan fingerprint density at radius 3 is 2.10 bits per heavy atom. The standard InChI is InChI=1S/C16H30O4/c1-6-10-13-17-19-15(9-4)16(5,12-8-3)20-18-14-11-7-2/h15H,6-7,9-11,13-14H2,1-5H3. The van der Waals surface area contributed by atoms with Crippen LogP contribution in [0.25, 0.3) is 0 Å². The molecule has 0 aromatic rings. The molecule has 0 saturated carbocycles. The number of rotatable bonds is 12. The van der Waals surface area contributed by atoms with Gasteiger partial charge in [-0.25, -0.2) is 19.6 Å². The molecule has 20 heavy (non-hydrogen) atoms. The maximum atomic E-state index is 5.50. The first-order valence-electron chi connectivity index (χ1n) is 7.67. The average molecular weight is 286 g/mol. The van der Waals surface area contributed by atoms with Gasteiger partial charge in [0.25, 0.3) is 0 Å². The summed E-state index contributed by atoms with van der Waals surface area (Å²) in [6.07, 6.45) is 4.51. The predicted molar refractivity (Wildman–Crippen MR) is 79.8 cm³/mol. The van der Waals surface area contributed by atoms with Gasteiger partial charge in [-0.2, -0.15) is 0 Å². The Bertz CT molecular complexity index is 282. The molecule has 0 rings (SSSR count). The Morgan fingerprint density at radius 2 is 1.60 bits per heavy atom. The molecule has 0 saturated heterocycles. The minimum atomic E-state index is -0.816. The van der Waals surface area contributed by atoms with Gasteiger partial charge in [-0.05, 0) is 33.1 Å². The molecule has 0 radical (unpaired) electrons. The highest BCUT2D eigenvalue weighted by Gasteiger charge is 2.36. The number of unbranched alkanes of at least 4 members (excludes halogenated alkanes) is 2. The molecular weight excluding hydrogens is 256 g/mol. The second-order valence-electron chi connectivity index (χ2n) is 4.91. The van der Waals surface area contributed by atoms with Crippen molar-refractivity contribution >= 4 is 0 Å². The van der Waals surface area contributed by atoms with Crippen molar-refractivity contribution in [3.05, 3.63) is 0 Å². The molecule has 0 spiro atoms. The van der Waals surface area contributed by atoms with E-state index < -0.39 is 5.60 Å². The van der Waals surface area contributed by atoms with Crippen molar-refractivity contribution < 1.29 is 19.6 Å². The van der Waals surface area contributed by atoms with Crippen molar-refractivity contribution in [2.75, 3.05) is 13.2 Å². The van der Waals surface area contributed by atoms with E-state index in [4.69, 9.17) is 19.6 Å². The summed E-state index contributed by atoms with van der Waals surface area (Å²) in [5.74, 6) is 5.90. The molecule has 0 bridgehead atoms. The highest BCUT2D eigenvalue weighted by atomic mass is 17.2. The third-order valence-corrected chi connectivity index (χ3v) is 2.94. The molecule has 0 heterocycles. The third kappa shape index (κ3) is 7.86. The van der Waals surface area contributed by atoms with Crippen molar-refractivity contribution in [1.29, 1.82) is 0 Å². The van der Waals surface area contributed by atoms with Gasteiger partial charge >= 0.3 is 0 Å². The van der Waals surface area contributed by atoms with Gasteiger partial charge < -0.3 is 0 Å². The zero-order chi connectivity index (χ0) is 15.3.